The van der Waals surface area contributed by atoms with Crippen molar-refractivity contribution in [3.05, 3.63) is 18.5 Å². The van der Waals surface area contributed by atoms with Gasteiger partial charge in [0.15, 0.2) is 11.5 Å². The van der Waals surface area contributed by atoms with E-state index in [4.69, 9.17) is 25.4 Å². The van der Waals surface area contributed by atoms with E-state index in [1.54, 1.807) is 26.4 Å². The van der Waals surface area contributed by atoms with Gasteiger partial charge in [0.25, 0.3) is 0 Å². The molecule has 0 amide bonds. The third-order valence-electron chi connectivity index (χ3n) is 2.98. The van der Waals surface area contributed by atoms with Crippen LogP contribution in [0.1, 0.15) is 0 Å². The maximum Gasteiger partial charge on any atom is 0.163 e. The number of benzene rings is 1. The molecule has 0 fully saturated rings. The number of ether oxygens (including phenoxy) is 4. The lowest BCUT2D eigenvalue weighted by Crippen LogP contribution is -2.09. The lowest BCUT2D eigenvalue weighted by molar-refractivity contribution is 0.132. The second-order valence-corrected chi connectivity index (χ2v) is 4.49. The number of hydrogen-bond acceptors (Lipinski definition) is 7. The second kappa shape index (κ2) is 8.78. The smallest absolute Gasteiger partial charge is 0.163 e. The fourth-order valence-corrected chi connectivity index (χ4v) is 1.93. The number of nitrogens with one attached hydrogen (secondary N) is 1. The summed E-state index contributed by atoms with van der Waals surface area (Å²) in [5, 5.41) is 3.50. The monoisotopic (exact) mass is 317 g/mol. The zero-order valence-electron chi connectivity index (χ0n) is 13.2. The van der Waals surface area contributed by atoms with Gasteiger partial charge >= 0.3 is 0 Å². The molecule has 0 saturated carbocycles. The minimum atomic E-state index is 0.397. The Bertz CT molecular complexity index is 685. The summed E-state index contributed by atoms with van der Waals surface area (Å²) in [6, 6.07) is 5.94. The molecule has 0 aliphatic rings. The third kappa shape index (κ3) is 4.45. The van der Waals surface area contributed by atoms with Gasteiger partial charge in [0.2, 0.25) is 0 Å². The average molecular weight is 317 g/mol. The van der Waals surface area contributed by atoms with Gasteiger partial charge in [-0.3, -0.25) is 5.32 Å². The van der Waals surface area contributed by atoms with E-state index in [2.05, 4.69) is 21.3 Å². The van der Waals surface area contributed by atoms with Crippen LogP contribution < -0.4 is 14.8 Å². The lowest BCUT2D eigenvalue weighted by Gasteiger charge is -2.14. The van der Waals surface area contributed by atoms with Gasteiger partial charge in [-0.2, -0.15) is 0 Å². The highest BCUT2D eigenvalue weighted by molar-refractivity contribution is 5.92. The Morgan fingerprint density at radius 1 is 1.00 bits per heavy atom. The largest absolute Gasteiger partial charge is 0.487 e. The normalized spacial score (nSPS) is 10.3. The average Bonchev–Trinajstić information content (AvgIpc) is 2.56. The third-order valence-corrected chi connectivity index (χ3v) is 2.98. The standard InChI is InChI=1S/C16H19N3O4/c1-4-17-16-12-9-14(22-7-5-20-2)15(23-8-6-21-3)10-13(12)18-11-19-16/h1,9-11H,5-8H2,2-3H3,(H,17,18,19). The molecule has 0 saturated heterocycles. The lowest BCUT2D eigenvalue weighted by atomic mass is 10.2. The van der Waals surface area contributed by atoms with E-state index in [9.17, 15) is 0 Å². The van der Waals surface area contributed by atoms with E-state index in [1.807, 2.05) is 0 Å². The Labute approximate surface area is 134 Å². The Hall–Kier alpha value is -2.56. The maximum atomic E-state index is 5.72. The minimum Gasteiger partial charge on any atom is -0.487 e. The number of aromatic nitrogens is 2. The van der Waals surface area contributed by atoms with Gasteiger partial charge in [-0.1, -0.05) is 6.42 Å². The molecule has 0 bridgehead atoms. The van der Waals surface area contributed by atoms with Crippen LogP contribution in [0.5, 0.6) is 11.5 Å². The highest BCUT2D eigenvalue weighted by atomic mass is 16.5. The molecule has 0 atom stereocenters. The summed E-state index contributed by atoms with van der Waals surface area (Å²) in [6.45, 7) is 1.75. The number of rotatable bonds is 9. The fraction of sp³-hybridized carbons (Fsp3) is 0.375. The van der Waals surface area contributed by atoms with Crippen LogP contribution in [-0.4, -0.2) is 50.6 Å². The van der Waals surface area contributed by atoms with Crippen molar-refractivity contribution in [3.63, 3.8) is 0 Å². The van der Waals surface area contributed by atoms with Crippen LogP contribution >= 0.6 is 0 Å². The van der Waals surface area contributed by atoms with Crippen LogP contribution in [0.2, 0.25) is 0 Å². The summed E-state index contributed by atoms with van der Waals surface area (Å²) in [6.07, 6.45) is 6.73. The first-order valence-corrected chi connectivity index (χ1v) is 7.04. The zero-order valence-corrected chi connectivity index (χ0v) is 13.2. The molecule has 23 heavy (non-hydrogen) atoms. The molecule has 0 spiro atoms. The summed E-state index contributed by atoms with van der Waals surface area (Å²) < 4.78 is 21.4. The molecular formula is C16H19N3O4. The van der Waals surface area contributed by atoms with Crippen molar-refractivity contribution in [1.82, 2.24) is 9.97 Å². The van der Waals surface area contributed by atoms with E-state index in [-0.39, 0.29) is 0 Å². The van der Waals surface area contributed by atoms with Gasteiger partial charge in [-0.15, -0.1) is 0 Å². The molecule has 0 radical (unpaired) electrons. The highest BCUT2D eigenvalue weighted by Gasteiger charge is 2.12. The predicted octanol–water partition coefficient (Wildman–Crippen LogP) is 1.68. The van der Waals surface area contributed by atoms with E-state index in [0.717, 1.165) is 5.39 Å². The molecule has 7 heteroatoms. The summed E-state index contributed by atoms with van der Waals surface area (Å²) >= 11 is 0. The molecule has 122 valence electrons. The number of nitrogens with zero attached hydrogens (tertiary/aromatic N) is 2. The van der Waals surface area contributed by atoms with Crippen molar-refractivity contribution in [2.45, 2.75) is 0 Å². The summed E-state index contributed by atoms with van der Waals surface area (Å²) in [5.41, 5.74) is 0.698. The molecule has 1 aromatic carbocycles. The Kier molecular flexibility index (Phi) is 6.41. The molecule has 0 aliphatic heterocycles. The van der Waals surface area contributed by atoms with Gasteiger partial charge in [0, 0.05) is 31.7 Å². The van der Waals surface area contributed by atoms with Crippen LogP contribution in [0.15, 0.2) is 18.5 Å². The second-order valence-electron chi connectivity index (χ2n) is 4.49. The van der Waals surface area contributed by atoms with Crippen LogP contribution in [-0.2, 0) is 9.47 Å². The molecule has 1 N–H and O–H groups in total. The van der Waals surface area contributed by atoms with Crippen LogP contribution in [0, 0.1) is 12.5 Å². The number of methoxy groups -OCH3 is 2. The van der Waals surface area contributed by atoms with Gasteiger partial charge in [0.1, 0.15) is 25.4 Å². The number of fused-ring (bicyclic) bond motifs is 1. The van der Waals surface area contributed by atoms with Crippen molar-refractivity contribution in [3.8, 4) is 24.0 Å². The van der Waals surface area contributed by atoms with Crippen molar-refractivity contribution < 1.29 is 18.9 Å². The molecular weight excluding hydrogens is 298 g/mol. The number of terminal acetylenes is 1. The number of hydrogen-bond donors (Lipinski definition) is 1. The number of anilines is 1. The van der Waals surface area contributed by atoms with Crippen LogP contribution in [0.4, 0.5) is 5.82 Å². The van der Waals surface area contributed by atoms with Crippen molar-refractivity contribution in [2.24, 2.45) is 0 Å². The molecule has 2 rings (SSSR count). The van der Waals surface area contributed by atoms with E-state index in [1.165, 1.54) is 6.33 Å². The van der Waals surface area contributed by atoms with E-state index < -0.39 is 0 Å². The van der Waals surface area contributed by atoms with E-state index >= 15 is 0 Å². The first-order chi connectivity index (χ1) is 11.3. The molecule has 0 aliphatic carbocycles. The summed E-state index contributed by atoms with van der Waals surface area (Å²) in [7, 11) is 3.23. The van der Waals surface area contributed by atoms with Crippen molar-refractivity contribution in [2.75, 3.05) is 46.0 Å². The van der Waals surface area contributed by atoms with Gasteiger partial charge in [0.05, 0.1) is 18.7 Å². The predicted molar refractivity (Wildman–Crippen MR) is 86.7 cm³/mol. The molecule has 1 aromatic heterocycles. The molecule has 1 heterocycles. The van der Waals surface area contributed by atoms with Crippen molar-refractivity contribution in [1.29, 1.82) is 0 Å². The summed E-state index contributed by atoms with van der Waals surface area (Å²) in [4.78, 5) is 8.37. The van der Waals surface area contributed by atoms with Gasteiger partial charge < -0.3 is 18.9 Å². The first kappa shape index (κ1) is 16.8. The first-order valence-electron chi connectivity index (χ1n) is 7.04. The van der Waals surface area contributed by atoms with Crippen LogP contribution in [0.3, 0.4) is 0 Å². The highest BCUT2D eigenvalue weighted by Crippen LogP contribution is 2.34. The minimum absolute atomic E-state index is 0.397. The Balaban J connectivity index is 2.36. The summed E-state index contributed by atoms with van der Waals surface area (Å²) in [5.74, 6) is 1.69. The van der Waals surface area contributed by atoms with Gasteiger partial charge in [-0.25, -0.2) is 9.97 Å². The zero-order chi connectivity index (χ0) is 16.5. The maximum absolute atomic E-state index is 5.72. The van der Waals surface area contributed by atoms with E-state index in [0.29, 0.717) is 49.3 Å². The fourth-order valence-electron chi connectivity index (χ4n) is 1.93. The Morgan fingerprint density at radius 3 is 2.26 bits per heavy atom. The SMILES string of the molecule is C#CNc1ncnc2cc(OCCOC)c(OCCOC)cc12. The topological polar surface area (TPSA) is 74.7 Å². The molecule has 2 aromatic rings. The van der Waals surface area contributed by atoms with Crippen molar-refractivity contribution >= 4 is 16.7 Å². The van der Waals surface area contributed by atoms with Crippen LogP contribution in [0.25, 0.3) is 10.9 Å². The quantitative estimate of drug-likeness (QED) is 0.428. The molecule has 7 nitrogen and oxygen atoms in total. The van der Waals surface area contributed by atoms with Gasteiger partial charge in [-0.05, 0) is 6.07 Å². The Morgan fingerprint density at radius 2 is 1.65 bits per heavy atom. The molecule has 0 unspecified atom stereocenters.